The minimum atomic E-state index is -0.726. The summed E-state index contributed by atoms with van der Waals surface area (Å²) in [7, 11) is 1.66. The number of ether oxygens (including phenoxy) is 1. The number of aromatic nitrogens is 5. The van der Waals surface area contributed by atoms with Crippen LogP contribution in [0.1, 0.15) is 31.5 Å². The Kier molecular flexibility index (Phi) is 5.07. The highest BCUT2D eigenvalue weighted by Gasteiger charge is 2.19. The molecule has 0 unspecified atom stereocenters. The van der Waals surface area contributed by atoms with Crippen molar-refractivity contribution in [2.45, 2.75) is 46.3 Å². The van der Waals surface area contributed by atoms with E-state index in [9.17, 15) is 5.11 Å². The lowest BCUT2D eigenvalue weighted by molar-refractivity contribution is 0.0665. The lowest BCUT2D eigenvalue weighted by atomic mass is 10.1. The number of aliphatic hydroxyl groups is 1. The van der Waals surface area contributed by atoms with Gasteiger partial charge in [0.05, 0.1) is 29.8 Å². The van der Waals surface area contributed by atoms with Crippen LogP contribution >= 0.6 is 0 Å². The molecule has 30 heavy (non-hydrogen) atoms. The molecule has 0 amide bonds. The second-order valence-electron chi connectivity index (χ2n) is 8.23. The summed E-state index contributed by atoms with van der Waals surface area (Å²) in [6.07, 6.45) is 6.33. The Bertz CT molecular complexity index is 1190. The molecule has 0 atom stereocenters. The second kappa shape index (κ2) is 7.57. The number of methoxy groups -OCH3 is 1. The number of fused-ring (bicyclic) bond motifs is 1. The molecule has 0 saturated heterocycles. The number of nitrogens with zero attached hydrogens (tertiary/aromatic N) is 5. The summed E-state index contributed by atoms with van der Waals surface area (Å²) >= 11 is 0. The molecule has 156 valence electrons. The predicted octanol–water partition coefficient (Wildman–Crippen LogP) is 4.07. The Balaban J connectivity index is 1.78. The van der Waals surface area contributed by atoms with Crippen molar-refractivity contribution in [1.29, 1.82) is 0 Å². The highest BCUT2D eigenvalue weighted by Crippen LogP contribution is 2.34. The molecule has 1 aromatic carbocycles. The van der Waals surface area contributed by atoms with Gasteiger partial charge in [-0.05, 0) is 57.9 Å². The fraction of sp³-hybridized carbons (Fsp3) is 0.348. The van der Waals surface area contributed by atoms with Gasteiger partial charge < -0.3 is 14.4 Å². The zero-order chi connectivity index (χ0) is 21.5. The van der Waals surface area contributed by atoms with Crippen molar-refractivity contribution >= 4 is 11.2 Å². The van der Waals surface area contributed by atoms with Crippen LogP contribution in [0.25, 0.3) is 28.1 Å². The van der Waals surface area contributed by atoms with E-state index in [4.69, 9.17) is 14.7 Å². The normalized spacial score (nSPS) is 11.9. The van der Waals surface area contributed by atoms with E-state index >= 15 is 0 Å². The molecule has 0 aliphatic heterocycles. The fourth-order valence-corrected chi connectivity index (χ4v) is 3.59. The highest BCUT2D eigenvalue weighted by molar-refractivity contribution is 5.81. The molecule has 0 aliphatic rings. The molecule has 0 spiro atoms. The van der Waals surface area contributed by atoms with E-state index in [2.05, 4.69) is 15.9 Å². The van der Waals surface area contributed by atoms with E-state index in [-0.39, 0.29) is 0 Å². The van der Waals surface area contributed by atoms with Crippen molar-refractivity contribution in [3.8, 4) is 22.7 Å². The summed E-state index contributed by atoms with van der Waals surface area (Å²) in [5, 5.41) is 14.4. The van der Waals surface area contributed by atoms with Gasteiger partial charge in [-0.1, -0.05) is 0 Å². The van der Waals surface area contributed by atoms with Crippen LogP contribution in [0.2, 0.25) is 0 Å². The zero-order valence-electron chi connectivity index (χ0n) is 18.0. The van der Waals surface area contributed by atoms with Gasteiger partial charge in [0.15, 0.2) is 5.65 Å². The van der Waals surface area contributed by atoms with E-state index < -0.39 is 5.60 Å². The van der Waals surface area contributed by atoms with Crippen molar-refractivity contribution in [1.82, 2.24) is 24.3 Å². The summed E-state index contributed by atoms with van der Waals surface area (Å²) in [6, 6.07) is 7.83. The third-order valence-corrected chi connectivity index (χ3v) is 5.22. The monoisotopic (exact) mass is 405 g/mol. The lowest BCUT2D eigenvalue weighted by Crippen LogP contribution is -2.21. The van der Waals surface area contributed by atoms with Gasteiger partial charge in [-0.3, -0.25) is 0 Å². The van der Waals surface area contributed by atoms with Gasteiger partial charge in [-0.2, -0.15) is 5.10 Å². The summed E-state index contributed by atoms with van der Waals surface area (Å²) in [5.41, 5.74) is 5.47. The smallest absolute Gasteiger partial charge is 0.159 e. The van der Waals surface area contributed by atoms with E-state index in [0.717, 1.165) is 45.1 Å². The van der Waals surface area contributed by atoms with Crippen LogP contribution < -0.4 is 4.74 Å². The maximum absolute atomic E-state index is 10.1. The summed E-state index contributed by atoms with van der Waals surface area (Å²) in [5.74, 6) is 0.721. The van der Waals surface area contributed by atoms with Crippen molar-refractivity contribution in [2.24, 2.45) is 0 Å². The molecule has 0 aliphatic carbocycles. The number of rotatable bonds is 6. The first-order chi connectivity index (χ1) is 14.3. The van der Waals surface area contributed by atoms with Crippen LogP contribution in [0, 0.1) is 13.8 Å². The Morgan fingerprint density at radius 2 is 1.97 bits per heavy atom. The lowest BCUT2D eigenvalue weighted by Gasteiger charge is -2.17. The Labute approximate surface area is 176 Å². The van der Waals surface area contributed by atoms with Crippen molar-refractivity contribution < 1.29 is 9.84 Å². The van der Waals surface area contributed by atoms with Gasteiger partial charge in [-0.15, -0.1) is 0 Å². The van der Waals surface area contributed by atoms with Gasteiger partial charge in [0.25, 0.3) is 0 Å². The second-order valence-corrected chi connectivity index (χ2v) is 8.23. The average Bonchev–Trinajstić information content (AvgIpc) is 3.33. The standard InChI is InChI=1S/C23H27N5O2/c1-15-14-27(12-9-23(3,4)29)22-20(15)26-21(16(2)25-22)18-8-7-17(13-19(18)30-5)28-11-6-10-24-28/h6-8,10-11,13-14,29H,9,12H2,1-5H3. The van der Waals surface area contributed by atoms with Crippen LogP contribution in [0.5, 0.6) is 5.75 Å². The predicted molar refractivity (Wildman–Crippen MR) is 117 cm³/mol. The van der Waals surface area contributed by atoms with Crippen LogP contribution in [0.15, 0.2) is 42.9 Å². The average molecular weight is 406 g/mol. The molecule has 7 heteroatoms. The number of hydrogen-bond donors (Lipinski definition) is 1. The SMILES string of the molecule is COc1cc(-n2cccn2)ccc1-c1nc2c(C)cn(CCC(C)(C)O)c2nc1C. The molecule has 0 radical (unpaired) electrons. The first kappa shape index (κ1) is 20.1. The van der Waals surface area contributed by atoms with Crippen molar-refractivity contribution in [3.05, 3.63) is 54.1 Å². The fourth-order valence-electron chi connectivity index (χ4n) is 3.59. The van der Waals surface area contributed by atoms with E-state index in [1.54, 1.807) is 18.0 Å². The highest BCUT2D eigenvalue weighted by atomic mass is 16.5. The maximum Gasteiger partial charge on any atom is 0.159 e. The molecular formula is C23H27N5O2. The Morgan fingerprint density at radius 3 is 2.63 bits per heavy atom. The molecule has 7 nitrogen and oxygen atoms in total. The molecule has 4 rings (SSSR count). The summed E-state index contributed by atoms with van der Waals surface area (Å²) < 4.78 is 9.54. The Hall–Kier alpha value is -3.19. The van der Waals surface area contributed by atoms with Gasteiger partial charge in [0.1, 0.15) is 11.3 Å². The number of benzene rings is 1. The van der Waals surface area contributed by atoms with E-state index in [1.807, 2.05) is 58.2 Å². The van der Waals surface area contributed by atoms with Gasteiger partial charge >= 0.3 is 0 Å². The van der Waals surface area contributed by atoms with E-state index in [1.165, 1.54) is 0 Å². The van der Waals surface area contributed by atoms with Crippen LogP contribution in [-0.2, 0) is 6.54 Å². The Morgan fingerprint density at radius 1 is 1.17 bits per heavy atom. The topological polar surface area (TPSA) is 78.0 Å². The number of aryl methyl sites for hydroxylation is 3. The van der Waals surface area contributed by atoms with Crippen LogP contribution in [0.4, 0.5) is 0 Å². The van der Waals surface area contributed by atoms with Gasteiger partial charge in [-0.25, -0.2) is 14.6 Å². The number of hydrogen-bond acceptors (Lipinski definition) is 5. The van der Waals surface area contributed by atoms with E-state index in [0.29, 0.717) is 13.0 Å². The zero-order valence-corrected chi connectivity index (χ0v) is 18.0. The van der Waals surface area contributed by atoms with Gasteiger partial charge in [0.2, 0.25) is 0 Å². The largest absolute Gasteiger partial charge is 0.496 e. The maximum atomic E-state index is 10.1. The summed E-state index contributed by atoms with van der Waals surface area (Å²) in [4.78, 5) is 9.83. The molecule has 0 fully saturated rings. The molecule has 1 N–H and O–H groups in total. The van der Waals surface area contributed by atoms with Crippen LogP contribution in [-0.4, -0.2) is 42.1 Å². The molecule has 4 aromatic rings. The third-order valence-electron chi connectivity index (χ3n) is 5.22. The first-order valence-electron chi connectivity index (χ1n) is 10.0. The van der Waals surface area contributed by atoms with Crippen molar-refractivity contribution in [2.75, 3.05) is 7.11 Å². The minimum Gasteiger partial charge on any atom is -0.496 e. The first-order valence-corrected chi connectivity index (χ1v) is 10.0. The molecule has 3 aromatic heterocycles. The molecule has 3 heterocycles. The molecule has 0 bridgehead atoms. The third kappa shape index (κ3) is 3.80. The molecular weight excluding hydrogens is 378 g/mol. The summed E-state index contributed by atoms with van der Waals surface area (Å²) in [6.45, 7) is 8.32. The van der Waals surface area contributed by atoms with Crippen molar-refractivity contribution in [3.63, 3.8) is 0 Å². The quantitative estimate of drug-likeness (QED) is 0.523. The molecule has 0 saturated carbocycles. The van der Waals surface area contributed by atoms with Crippen LogP contribution in [0.3, 0.4) is 0 Å². The van der Waals surface area contributed by atoms with Gasteiger partial charge in [0, 0.05) is 36.8 Å². The minimum absolute atomic E-state index is 0.640.